The number of fused-ring (bicyclic) bond motifs is 1. The Kier molecular flexibility index (Phi) is 8.36. The van der Waals surface area contributed by atoms with E-state index in [1.54, 1.807) is 7.11 Å². The molecule has 4 bridgehead atoms. The van der Waals surface area contributed by atoms with Crippen LogP contribution in [0.4, 0.5) is 5.69 Å². The van der Waals surface area contributed by atoms with E-state index >= 15 is 0 Å². The molecule has 4 fully saturated rings. The molecule has 4 aliphatic rings. The zero-order valence-electron chi connectivity index (χ0n) is 25.3. The van der Waals surface area contributed by atoms with Crippen LogP contribution in [0.3, 0.4) is 0 Å². The van der Waals surface area contributed by atoms with Crippen LogP contribution >= 0.6 is 0 Å². The van der Waals surface area contributed by atoms with Gasteiger partial charge in [-0.25, -0.2) is 8.42 Å². The first kappa shape index (κ1) is 29.2. The summed E-state index contributed by atoms with van der Waals surface area (Å²) in [6, 6.07) is 28.2. The number of methoxy groups -OCH3 is 1. The van der Waals surface area contributed by atoms with Crippen LogP contribution in [0, 0.1) is 17.8 Å². The highest BCUT2D eigenvalue weighted by molar-refractivity contribution is 7.92. The molecule has 6 nitrogen and oxygen atoms in total. The van der Waals surface area contributed by atoms with Gasteiger partial charge in [0.25, 0.3) is 0 Å². The van der Waals surface area contributed by atoms with E-state index in [-0.39, 0.29) is 12.0 Å². The minimum Gasteiger partial charge on any atom is -0.496 e. The van der Waals surface area contributed by atoms with Crippen LogP contribution < -0.4 is 14.4 Å². The fourth-order valence-corrected chi connectivity index (χ4v) is 9.79. The molecule has 7 heteroatoms. The van der Waals surface area contributed by atoms with Gasteiger partial charge in [-0.2, -0.15) is 0 Å². The first-order chi connectivity index (χ1) is 20.3. The molecular weight excluding hydrogens is 542 g/mol. The highest BCUT2D eigenvalue weighted by Crippen LogP contribution is 2.51. The van der Waals surface area contributed by atoms with Gasteiger partial charge in [-0.15, -0.1) is 0 Å². The minimum absolute atomic E-state index is 0.183. The Balaban J connectivity index is 1.38. The third-order valence-corrected chi connectivity index (χ3v) is 11.3. The van der Waals surface area contributed by atoms with Crippen LogP contribution in [0.25, 0.3) is 0 Å². The summed E-state index contributed by atoms with van der Waals surface area (Å²) in [5.41, 5.74) is 4.39. The quantitative estimate of drug-likeness (QED) is 0.321. The molecule has 3 saturated heterocycles. The van der Waals surface area contributed by atoms with Crippen LogP contribution in [0.2, 0.25) is 0 Å². The van der Waals surface area contributed by atoms with Crippen LogP contribution in [0.1, 0.15) is 55.7 Å². The van der Waals surface area contributed by atoms with Crippen LogP contribution in [0.5, 0.6) is 5.75 Å². The fraction of sp³-hybridized carbons (Fsp3) is 0.486. The zero-order chi connectivity index (χ0) is 29.4. The van der Waals surface area contributed by atoms with Crippen molar-refractivity contribution in [1.29, 1.82) is 0 Å². The van der Waals surface area contributed by atoms with Crippen molar-refractivity contribution in [3.05, 3.63) is 95.6 Å². The number of ether oxygens (including phenoxy) is 1. The lowest BCUT2D eigenvalue weighted by atomic mass is 9.58. The van der Waals surface area contributed by atoms with E-state index < -0.39 is 10.0 Å². The normalized spacial score (nSPS) is 26.9. The number of rotatable bonds is 10. The van der Waals surface area contributed by atoms with Gasteiger partial charge in [0.2, 0.25) is 10.0 Å². The van der Waals surface area contributed by atoms with Gasteiger partial charge in [-0.05, 0) is 73.8 Å². The molecule has 42 heavy (non-hydrogen) atoms. The number of benzene rings is 3. The molecule has 3 aliphatic heterocycles. The lowest BCUT2D eigenvalue weighted by Crippen LogP contribution is -2.71. The van der Waals surface area contributed by atoms with E-state index in [4.69, 9.17) is 4.74 Å². The molecule has 0 aromatic heterocycles. The van der Waals surface area contributed by atoms with Crippen molar-refractivity contribution in [3.8, 4) is 5.75 Å². The summed E-state index contributed by atoms with van der Waals surface area (Å²) in [4.78, 5) is 2.80. The standard InChI is InChI=1S/C35H45N3O3S/c1-24(2)38(42(4,39)40)30-18-19-31(41-3)29(20-30)21-36-34-32-27-16-11-17-28(32)23-37(22-27)35(34)33(25-12-7-5-8-13-25)26-14-9-6-10-15-26/h5-10,12-15,18-20,24,27-28,32-36H,11,16-17,21-23H2,1-4H3. The smallest absolute Gasteiger partial charge is 0.232 e. The summed E-state index contributed by atoms with van der Waals surface area (Å²) in [5.74, 6) is 3.09. The predicted molar refractivity (Wildman–Crippen MR) is 170 cm³/mol. The van der Waals surface area contributed by atoms with Crippen molar-refractivity contribution < 1.29 is 13.2 Å². The summed E-state index contributed by atoms with van der Waals surface area (Å²) in [6.45, 7) is 6.79. The van der Waals surface area contributed by atoms with Gasteiger partial charge in [0, 0.05) is 49.2 Å². The first-order valence-corrected chi connectivity index (χ1v) is 17.3. The number of nitrogens with one attached hydrogen (secondary N) is 1. The monoisotopic (exact) mass is 587 g/mol. The van der Waals surface area contributed by atoms with Gasteiger partial charge in [0.05, 0.1) is 19.1 Å². The fourth-order valence-electron chi connectivity index (χ4n) is 8.52. The maximum absolute atomic E-state index is 12.7. The largest absolute Gasteiger partial charge is 0.496 e. The molecule has 1 saturated carbocycles. The number of sulfonamides is 1. The first-order valence-electron chi connectivity index (χ1n) is 15.5. The van der Waals surface area contributed by atoms with Crippen molar-refractivity contribution in [3.63, 3.8) is 0 Å². The van der Waals surface area contributed by atoms with E-state index in [0.29, 0.717) is 42.1 Å². The Hall–Kier alpha value is -2.87. The van der Waals surface area contributed by atoms with E-state index in [1.807, 2.05) is 32.0 Å². The van der Waals surface area contributed by atoms with Gasteiger partial charge in [0.15, 0.2) is 0 Å². The van der Waals surface area contributed by atoms with E-state index in [9.17, 15) is 8.42 Å². The Labute approximate surface area is 252 Å². The molecule has 224 valence electrons. The van der Waals surface area contributed by atoms with Gasteiger partial charge in [-0.3, -0.25) is 9.21 Å². The lowest BCUT2D eigenvalue weighted by molar-refractivity contribution is -0.0976. The maximum Gasteiger partial charge on any atom is 0.232 e. The van der Waals surface area contributed by atoms with Crippen molar-refractivity contribution in [2.24, 2.45) is 17.8 Å². The Morgan fingerprint density at radius 2 is 1.52 bits per heavy atom. The van der Waals surface area contributed by atoms with Gasteiger partial charge in [-0.1, -0.05) is 67.1 Å². The predicted octanol–water partition coefficient (Wildman–Crippen LogP) is 5.89. The average Bonchev–Trinajstić information content (AvgIpc) is 2.97. The van der Waals surface area contributed by atoms with Crippen LogP contribution in [-0.2, 0) is 16.6 Å². The number of hydrogen-bond acceptors (Lipinski definition) is 5. The van der Waals surface area contributed by atoms with Crippen LogP contribution in [0.15, 0.2) is 78.9 Å². The molecule has 0 spiro atoms. The molecule has 3 aromatic carbocycles. The second-order valence-corrected chi connectivity index (χ2v) is 14.7. The summed E-state index contributed by atoms with van der Waals surface area (Å²) >= 11 is 0. The number of hydrogen-bond donors (Lipinski definition) is 1. The molecular formula is C35H45N3O3S. The Morgan fingerprint density at radius 1 is 0.929 bits per heavy atom. The van der Waals surface area contributed by atoms with E-state index in [0.717, 1.165) is 11.3 Å². The highest BCUT2D eigenvalue weighted by atomic mass is 32.2. The third kappa shape index (κ3) is 5.59. The van der Waals surface area contributed by atoms with Gasteiger partial charge >= 0.3 is 0 Å². The Bertz CT molecular complexity index is 1410. The second kappa shape index (κ2) is 12.0. The average molecular weight is 588 g/mol. The summed E-state index contributed by atoms with van der Waals surface area (Å²) in [5, 5.41) is 4.09. The van der Waals surface area contributed by atoms with Crippen molar-refractivity contribution >= 4 is 15.7 Å². The molecule has 1 N–H and O–H groups in total. The van der Waals surface area contributed by atoms with Crippen molar-refractivity contribution in [2.45, 2.75) is 63.7 Å². The summed E-state index contributed by atoms with van der Waals surface area (Å²) < 4.78 is 32.7. The number of piperidine rings is 3. The lowest BCUT2D eigenvalue weighted by Gasteiger charge is -2.62. The summed E-state index contributed by atoms with van der Waals surface area (Å²) in [7, 11) is -1.73. The molecule has 0 amide bonds. The van der Waals surface area contributed by atoms with Gasteiger partial charge in [0.1, 0.15) is 5.75 Å². The van der Waals surface area contributed by atoms with E-state index in [1.165, 1.54) is 54.0 Å². The van der Waals surface area contributed by atoms with Gasteiger partial charge < -0.3 is 10.1 Å². The number of anilines is 1. The number of nitrogens with zero attached hydrogens (tertiary/aromatic N) is 2. The minimum atomic E-state index is -3.42. The topological polar surface area (TPSA) is 61.9 Å². The van der Waals surface area contributed by atoms with Crippen LogP contribution in [-0.4, -0.2) is 57.9 Å². The second-order valence-electron chi connectivity index (χ2n) is 12.8. The maximum atomic E-state index is 12.7. The molecule has 7 rings (SSSR count). The molecule has 1 aliphatic carbocycles. The molecule has 4 unspecified atom stereocenters. The zero-order valence-corrected chi connectivity index (χ0v) is 26.1. The summed E-state index contributed by atoms with van der Waals surface area (Å²) in [6.07, 6.45) is 5.23. The molecule has 3 aromatic rings. The Morgan fingerprint density at radius 3 is 2.05 bits per heavy atom. The SMILES string of the molecule is COc1ccc(N(C(C)C)S(C)(=O)=O)cc1CNC1C2C3CCCC2CN(C3)C1C(c1ccccc1)c1ccccc1. The highest BCUT2D eigenvalue weighted by Gasteiger charge is 2.55. The molecule has 3 heterocycles. The third-order valence-electron chi connectivity index (χ3n) is 9.91. The molecule has 0 radical (unpaired) electrons. The van der Waals surface area contributed by atoms with E-state index in [2.05, 4.69) is 70.9 Å². The molecule has 4 atom stereocenters. The van der Waals surface area contributed by atoms with Crippen molar-refractivity contribution in [1.82, 2.24) is 10.2 Å². The van der Waals surface area contributed by atoms with Crippen molar-refractivity contribution in [2.75, 3.05) is 30.8 Å².